The zero-order valence-electron chi connectivity index (χ0n) is 15.5. The number of pyridine rings is 1. The predicted molar refractivity (Wildman–Crippen MR) is 107 cm³/mol. The molecule has 3 aromatic rings. The van der Waals surface area contributed by atoms with Crippen LogP contribution in [0.15, 0.2) is 78.6 Å². The van der Waals surface area contributed by atoms with E-state index in [1.54, 1.807) is 24.3 Å². The van der Waals surface area contributed by atoms with Crippen LogP contribution in [0.3, 0.4) is 0 Å². The summed E-state index contributed by atoms with van der Waals surface area (Å²) in [4.78, 5) is 31.1. The molecule has 0 spiro atoms. The minimum absolute atomic E-state index is 0.0478. The molecular formula is C23H17FN2O3. The van der Waals surface area contributed by atoms with Crippen molar-refractivity contribution in [3.8, 4) is 0 Å². The van der Waals surface area contributed by atoms with Gasteiger partial charge in [-0.05, 0) is 48.9 Å². The maximum atomic E-state index is 13.5. The van der Waals surface area contributed by atoms with Gasteiger partial charge in [-0.3, -0.25) is 19.5 Å². The van der Waals surface area contributed by atoms with Crippen LogP contribution in [0.5, 0.6) is 0 Å². The summed E-state index contributed by atoms with van der Waals surface area (Å²) in [6.07, 6.45) is 2.97. The van der Waals surface area contributed by atoms with Gasteiger partial charge in [0.1, 0.15) is 11.6 Å². The van der Waals surface area contributed by atoms with Crippen molar-refractivity contribution in [2.75, 3.05) is 4.90 Å². The van der Waals surface area contributed by atoms with Crippen LogP contribution >= 0.6 is 0 Å². The van der Waals surface area contributed by atoms with Gasteiger partial charge in [0.05, 0.1) is 11.6 Å². The summed E-state index contributed by atoms with van der Waals surface area (Å²) in [5.41, 5.74) is 2.35. The highest BCUT2D eigenvalue weighted by atomic mass is 19.1. The van der Waals surface area contributed by atoms with E-state index in [-0.39, 0.29) is 11.3 Å². The van der Waals surface area contributed by atoms with Crippen LogP contribution in [-0.2, 0) is 9.59 Å². The number of hydrogen-bond acceptors (Lipinski definition) is 4. The lowest BCUT2D eigenvalue weighted by Crippen LogP contribution is -2.29. The zero-order valence-corrected chi connectivity index (χ0v) is 15.5. The van der Waals surface area contributed by atoms with E-state index in [9.17, 15) is 19.1 Å². The molecule has 1 aliphatic rings. The maximum absolute atomic E-state index is 13.5. The molecule has 1 N–H and O–H groups in total. The number of Topliss-reactive ketones (excluding diaryl/α,β-unsaturated/α-hetero) is 1. The fourth-order valence-corrected chi connectivity index (χ4v) is 3.43. The summed E-state index contributed by atoms with van der Waals surface area (Å²) in [6.45, 7) is 1.92. The van der Waals surface area contributed by atoms with Crippen LogP contribution in [0.4, 0.5) is 10.1 Å². The second-order valence-corrected chi connectivity index (χ2v) is 6.79. The Hall–Kier alpha value is -3.80. The lowest BCUT2D eigenvalue weighted by Gasteiger charge is -2.25. The summed E-state index contributed by atoms with van der Waals surface area (Å²) in [7, 11) is 0. The van der Waals surface area contributed by atoms with E-state index in [0.29, 0.717) is 16.8 Å². The van der Waals surface area contributed by atoms with E-state index >= 15 is 0 Å². The minimum atomic E-state index is -0.883. The van der Waals surface area contributed by atoms with Gasteiger partial charge in [0.25, 0.3) is 11.7 Å². The highest BCUT2D eigenvalue weighted by molar-refractivity contribution is 6.51. The third kappa shape index (κ3) is 3.29. The first kappa shape index (κ1) is 18.6. The molecule has 1 atom stereocenters. The van der Waals surface area contributed by atoms with Gasteiger partial charge in [-0.2, -0.15) is 0 Å². The predicted octanol–water partition coefficient (Wildman–Crippen LogP) is 4.16. The van der Waals surface area contributed by atoms with Crippen molar-refractivity contribution >= 4 is 23.1 Å². The topological polar surface area (TPSA) is 70.5 Å². The molecule has 0 bridgehead atoms. The minimum Gasteiger partial charge on any atom is -0.507 e. The van der Waals surface area contributed by atoms with E-state index in [4.69, 9.17) is 0 Å². The van der Waals surface area contributed by atoms with Crippen LogP contribution in [0.2, 0.25) is 0 Å². The molecular weight excluding hydrogens is 371 g/mol. The molecule has 2 aromatic carbocycles. The quantitative estimate of drug-likeness (QED) is 0.416. The summed E-state index contributed by atoms with van der Waals surface area (Å²) >= 11 is 0. The number of carbonyl (C=O) groups excluding carboxylic acids is 2. The standard InChI is InChI=1S/C23H17FN2O3/c1-14-2-8-18(9-3-14)26-20(15-4-6-17(24)7-5-15)19(22(28)23(26)29)21(27)16-10-12-25-13-11-16/h2-13,20,27H,1H3/b21-19-. The van der Waals surface area contributed by atoms with Gasteiger partial charge in [-0.1, -0.05) is 29.8 Å². The number of carbonyl (C=O) groups is 2. The van der Waals surface area contributed by atoms with Crippen LogP contribution in [0.25, 0.3) is 5.76 Å². The third-order valence-corrected chi connectivity index (χ3v) is 4.90. The molecule has 29 heavy (non-hydrogen) atoms. The van der Waals surface area contributed by atoms with Gasteiger partial charge in [0.2, 0.25) is 0 Å². The Labute approximate surface area is 166 Å². The number of nitrogens with zero attached hydrogens (tertiary/aromatic N) is 2. The first-order chi connectivity index (χ1) is 14.0. The van der Waals surface area contributed by atoms with Gasteiger partial charge in [0, 0.05) is 23.6 Å². The summed E-state index contributed by atoms with van der Waals surface area (Å²) in [5, 5.41) is 10.9. The molecule has 5 nitrogen and oxygen atoms in total. The monoisotopic (exact) mass is 388 g/mol. The molecule has 1 fully saturated rings. The Bertz CT molecular complexity index is 1110. The number of aliphatic hydroxyl groups is 1. The summed E-state index contributed by atoms with van der Waals surface area (Å²) in [6, 6.07) is 14.9. The van der Waals surface area contributed by atoms with E-state index < -0.39 is 23.5 Å². The van der Waals surface area contributed by atoms with E-state index in [2.05, 4.69) is 4.98 Å². The largest absolute Gasteiger partial charge is 0.507 e. The van der Waals surface area contributed by atoms with Crippen LogP contribution in [-0.4, -0.2) is 21.8 Å². The summed E-state index contributed by atoms with van der Waals surface area (Å²) in [5.74, 6) is -2.28. The van der Waals surface area contributed by atoms with E-state index in [0.717, 1.165) is 5.56 Å². The Kier molecular flexibility index (Phi) is 4.68. The number of amides is 1. The molecule has 0 aliphatic carbocycles. The maximum Gasteiger partial charge on any atom is 0.300 e. The Morgan fingerprint density at radius 2 is 1.59 bits per heavy atom. The number of benzene rings is 2. The fourth-order valence-electron chi connectivity index (χ4n) is 3.43. The molecule has 6 heteroatoms. The van der Waals surface area contributed by atoms with E-state index in [1.807, 2.05) is 19.1 Å². The molecule has 1 aliphatic heterocycles. The normalized spacial score (nSPS) is 18.3. The fraction of sp³-hybridized carbons (Fsp3) is 0.0870. The number of aryl methyl sites for hydroxylation is 1. The van der Waals surface area contributed by atoms with Crippen molar-refractivity contribution in [2.45, 2.75) is 13.0 Å². The average Bonchev–Trinajstić information content (AvgIpc) is 3.00. The Morgan fingerprint density at radius 1 is 0.966 bits per heavy atom. The lowest BCUT2D eigenvalue weighted by atomic mass is 9.95. The number of ketones is 1. The van der Waals surface area contributed by atoms with Gasteiger partial charge in [-0.25, -0.2) is 4.39 Å². The van der Waals surface area contributed by atoms with Crippen molar-refractivity contribution in [3.63, 3.8) is 0 Å². The number of rotatable bonds is 3. The Morgan fingerprint density at radius 3 is 2.21 bits per heavy atom. The number of aliphatic hydroxyl groups excluding tert-OH is 1. The average molecular weight is 388 g/mol. The van der Waals surface area contributed by atoms with Crippen molar-refractivity contribution in [1.29, 1.82) is 0 Å². The number of aromatic nitrogens is 1. The third-order valence-electron chi connectivity index (χ3n) is 4.90. The van der Waals surface area contributed by atoms with Crippen LogP contribution in [0.1, 0.15) is 22.7 Å². The second kappa shape index (κ2) is 7.31. The Balaban J connectivity index is 1.94. The molecule has 0 saturated carbocycles. The van der Waals surface area contributed by atoms with E-state index in [1.165, 1.54) is 41.6 Å². The number of anilines is 1. The van der Waals surface area contributed by atoms with Crippen LogP contribution < -0.4 is 4.90 Å². The number of halogens is 1. The van der Waals surface area contributed by atoms with Crippen molar-refractivity contribution in [2.24, 2.45) is 0 Å². The highest BCUT2D eigenvalue weighted by Gasteiger charge is 2.46. The molecule has 0 radical (unpaired) electrons. The van der Waals surface area contributed by atoms with Crippen molar-refractivity contribution < 1.29 is 19.1 Å². The first-order valence-corrected chi connectivity index (χ1v) is 9.01. The molecule has 2 heterocycles. The van der Waals surface area contributed by atoms with Crippen molar-refractivity contribution in [1.82, 2.24) is 4.98 Å². The van der Waals surface area contributed by atoms with Crippen LogP contribution in [0, 0.1) is 12.7 Å². The van der Waals surface area contributed by atoms with Gasteiger partial charge < -0.3 is 5.11 Å². The molecule has 1 saturated heterocycles. The molecule has 144 valence electrons. The molecule has 4 rings (SSSR count). The van der Waals surface area contributed by atoms with Gasteiger partial charge in [0.15, 0.2) is 0 Å². The molecule has 1 unspecified atom stereocenters. The smallest absolute Gasteiger partial charge is 0.300 e. The second-order valence-electron chi connectivity index (χ2n) is 6.79. The van der Waals surface area contributed by atoms with Gasteiger partial charge in [-0.15, -0.1) is 0 Å². The van der Waals surface area contributed by atoms with Crippen molar-refractivity contribution in [3.05, 3.63) is 101 Å². The zero-order chi connectivity index (χ0) is 20.5. The molecule has 1 amide bonds. The number of hydrogen-bond donors (Lipinski definition) is 1. The molecule has 1 aromatic heterocycles. The summed E-state index contributed by atoms with van der Waals surface area (Å²) < 4.78 is 13.5. The van der Waals surface area contributed by atoms with Gasteiger partial charge >= 0.3 is 0 Å². The highest BCUT2D eigenvalue weighted by Crippen LogP contribution is 2.42. The first-order valence-electron chi connectivity index (χ1n) is 9.01. The SMILES string of the molecule is Cc1ccc(N2C(=O)C(=O)/C(=C(\O)c3ccncc3)C2c2ccc(F)cc2)cc1. The lowest BCUT2D eigenvalue weighted by molar-refractivity contribution is -0.132.